The molecule has 0 radical (unpaired) electrons. The lowest BCUT2D eigenvalue weighted by atomic mass is 9.97. The number of ether oxygens (including phenoxy) is 1. The Morgan fingerprint density at radius 2 is 2.09 bits per heavy atom. The van der Waals surface area contributed by atoms with Crippen LogP contribution in [-0.2, 0) is 20.9 Å². The van der Waals surface area contributed by atoms with E-state index in [0.717, 1.165) is 0 Å². The average molecular weight is 323 g/mol. The Morgan fingerprint density at radius 1 is 1.35 bits per heavy atom. The van der Waals surface area contributed by atoms with Gasteiger partial charge in [0.2, 0.25) is 5.91 Å². The molecular weight excluding hydrogens is 302 g/mol. The molecule has 8 heteroatoms. The first-order valence-electron chi connectivity index (χ1n) is 7.48. The fraction of sp³-hybridized carbons (Fsp3) is 0.533. The maximum absolute atomic E-state index is 11.8. The Hall–Kier alpha value is -2.35. The molecule has 2 heterocycles. The number of urea groups is 1. The van der Waals surface area contributed by atoms with Gasteiger partial charge in [-0.1, -0.05) is 0 Å². The van der Waals surface area contributed by atoms with E-state index < -0.39 is 6.03 Å². The van der Waals surface area contributed by atoms with E-state index in [4.69, 9.17) is 9.15 Å². The van der Waals surface area contributed by atoms with Crippen molar-refractivity contribution in [2.45, 2.75) is 19.4 Å². The molecule has 0 unspecified atom stereocenters. The van der Waals surface area contributed by atoms with E-state index in [1.807, 2.05) is 4.90 Å². The molecule has 2 rings (SSSR count). The number of amides is 3. The molecule has 0 atom stereocenters. The van der Waals surface area contributed by atoms with E-state index in [2.05, 4.69) is 10.6 Å². The van der Waals surface area contributed by atoms with Gasteiger partial charge in [0.05, 0.1) is 32.4 Å². The minimum atomic E-state index is -0.559. The van der Waals surface area contributed by atoms with Crippen molar-refractivity contribution in [3.63, 3.8) is 0 Å². The van der Waals surface area contributed by atoms with Crippen LogP contribution in [0.1, 0.15) is 18.6 Å². The fourth-order valence-electron chi connectivity index (χ4n) is 2.49. The Kier molecular flexibility index (Phi) is 6.16. The van der Waals surface area contributed by atoms with Gasteiger partial charge in [0.25, 0.3) is 0 Å². The topological polar surface area (TPSA) is 101 Å². The maximum atomic E-state index is 11.8. The van der Waals surface area contributed by atoms with Gasteiger partial charge in [-0.25, -0.2) is 4.79 Å². The first-order chi connectivity index (χ1) is 11.1. The molecule has 0 aromatic carbocycles. The SMILES string of the molecule is COC(=O)C1CCN(CC(=O)NC(=O)NCc2ccco2)CC1. The standard InChI is InChI=1S/C15H21N3O5/c1-22-14(20)11-4-6-18(7-5-11)10-13(19)17-15(21)16-9-12-3-2-8-23-12/h2-3,8,11H,4-7,9-10H2,1H3,(H2,16,17,19,21). The molecule has 0 spiro atoms. The highest BCUT2D eigenvalue weighted by atomic mass is 16.5. The van der Waals surface area contributed by atoms with E-state index in [-0.39, 0.29) is 30.9 Å². The van der Waals surface area contributed by atoms with Crippen molar-refractivity contribution in [1.29, 1.82) is 0 Å². The smallest absolute Gasteiger partial charge is 0.321 e. The van der Waals surface area contributed by atoms with Gasteiger partial charge in [-0.15, -0.1) is 0 Å². The highest BCUT2D eigenvalue weighted by Gasteiger charge is 2.26. The average Bonchev–Trinajstić information content (AvgIpc) is 3.06. The molecule has 1 saturated heterocycles. The first kappa shape index (κ1) is 17.0. The number of methoxy groups -OCH3 is 1. The molecule has 0 saturated carbocycles. The Balaban J connectivity index is 1.65. The molecule has 2 N–H and O–H groups in total. The molecule has 0 aliphatic carbocycles. The number of piperidine rings is 1. The summed E-state index contributed by atoms with van der Waals surface area (Å²) in [6, 6.07) is 2.89. The lowest BCUT2D eigenvalue weighted by Crippen LogP contribution is -2.46. The van der Waals surface area contributed by atoms with Crippen molar-refractivity contribution < 1.29 is 23.5 Å². The van der Waals surface area contributed by atoms with Crippen molar-refractivity contribution >= 4 is 17.9 Å². The van der Waals surface area contributed by atoms with E-state index in [1.165, 1.54) is 13.4 Å². The van der Waals surface area contributed by atoms with Crippen LogP contribution in [0.15, 0.2) is 22.8 Å². The minimum Gasteiger partial charge on any atom is -0.469 e. The summed E-state index contributed by atoms with van der Waals surface area (Å²) < 4.78 is 9.79. The fourth-order valence-corrected chi connectivity index (χ4v) is 2.49. The summed E-state index contributed by atoms with van der Waals surface area (Å²) in [5.41, 5.74) is 0. The number of carbonyl (C=O) groups excluding carboxylic acids is 3. The molecule has 8 nitrogen and oxygen atoms in total. The van der Waals surface area contributed by atoms with Crippen LogP contribution in [-0.4, -0.2) is 49.6 Å². The second kappa shape index (κ2) is 8.33. The second-order valence-electron chi connectivity index (χ2n) is 5.38. The predicted octanol–water partition coefficient (Wildman–Crippen LogP) is 0.490. The third-order valence-corrected chi connectivity index (χ3v) is 3.75. The summed E-state index contributed by atoms with van der Waals surface area (Å²) in [6.07, 6.45) is 2.83. The van der Waals surface area contributed by atoms with Gasteiger partial charge in [-0.2, -0.15) is 0 Å². The zero-order valence-corrected chi connectivity index (χ0v) is 13.0. The zero-order chi connectivity index (χ0) is 16.7. The minimum absolute atomic E-state index is 0.101. The number of furan rings is 1. The summed E-state index contributed by atoms with van der Waals surface area (Å²) in [4.78, 5) is 36.8. The quantitative estimate of drug-likeness (QED) is 0.765. The number of likely N-dealkylation sites (tertiary alicyclic amines) is 1. The molecule has 0 bridgehead atoms. The Morgan fingerprint density at radius 3 is 2.70 bits per heavy atom. The van der Waals surface area contributed by atoms with Crippen molar-refractivity contribution in [3.8, 4) is 0 Å². The third-order valence-electron chi connectivity index (χ3n) is 3.75. The van der Waals surface area contributed by atoms with E-state index in [0.29, 0.717) is 31.7 Å². The normalized spacial score (nSPS) is 15.9. The highest BCUT2D eigenvalue weighted by molar-refractivity contribution is 5.95. The number of nitrogens with zero attached hydrogens (tertiary/aromatic N) is 1. The van der Waals surface area contributed by atoms with E-state index >= 15 is 0 Å². The van der Waals surface area contributed by atoms with Gasteiger partial charge in [0, 0.05) is 0 Å². The monoisotopic (exact) mass is 323 g/mol. The van der Waals surface area contributed by atoms with Gasteiger partial charge >= 0.3 is 12.0 Å². The van der Waals surface area contributed by atoms with E-state index in [9.17, 15) is 14.4 Å². The van der Waals surface area contributed by atoms with Gasteiger partial charge in [0.1, 0.15) is 5.76 Å². The lowest BCUT2D eigenvalue weighted by Gasteiger charge is -2.29. The molecule has 3 amide bonds. The van der Waals surface area contributed by atoms with Crippen LogP contribution in [0.25, 0.3) is 0 Å². The predicted molar refractivity (Wildman–Crippen MR) is 80.3 cm³/mol. The van der Waals surface area contributed by atoms with Gasteiger partial charge in [0.15, 0.2) is 0 Å². The number of hydrogen-bond donors (Lipinski definition) is 2. The van der Waals surface area contributed by atoms with Crippen LogP contribution >= 0.6 is 0 Å². The molecular formula is C15H21N3O5. The summed E-state index contributed by atoms with van der Waals surface area (Å²) >= 11 is 0. The first-order valence-corrected chi connectivity index (χ1v) is 7.48. The van der Waals surface area contributed by atoms with Crippen LogP contribution in [0.3, 0.4) is 0 Å². The van der Waals surface area contributed by atoms with Gasteiger partial charge in [-0.05, 0) is 38.1 Å². The summed E-state index contributed by atoms with van der Waals surface area (Å²) in [6.45, 7) is 1.60. The molecule has 1 aliphatic rings. The van der Waals surface area contributed by atoms with Crippen molar-refractivity contribution in [3.05, 3.63) is 24.2 Å². The number of rotatable bonds is 5. The van der Waals surface area contributed by atoms with Gasteiger partial charge in [-0.3, -0.25) is 19.8 Å². The number of hydrogen-bond acceptors (Lipinski definition) is 6. The molecule has 1 aromatic heterocycles. The summed E-state index contributed by atoms with van der Waals surface area (Å²) in [5, 5.41) is 4.81. The lowest BCUT2D eigenvalue weighted by molar-refractivity contribution is -0.147. The largest absolute Gasteiger partial charge is 0.469 e. The molecule has 1 aliphatic heterocycles. The van der Waals surface area contributed by atoms with Crippen molar-refractivity contribution in [2.75, 3.05) is 26.7 Å². The van der Waals surface area contributed by atoms with Crippen molar-refractivity contribution in [2.24, 2.45) is 5.92 Å². The van der Waals surface area contributed by atoms with Crippen LogP contribution < -0.4 is 10.6 Å². The van der Waals surface area contributed by atoms with Crippen LogP contribution in [0, 0.1) is 5.92 Å². The van der Waals surface area contributed by atoms with Crippen molar-refractivity contribution in [1.82, 2.24) is 15.5 Å². The molecule has 1 aromatic rings. The number of nitrogens with one attached hydrogen (secondary N) is 2. The number of imide groups is 1. The molecule has 1 fully saturated rings. The highest BCUT2D eigenvalue weighted by Crippen LogP contribution is 2.17. The molecule has 126 valence electrons. The van der Waals surface area contributed by atoms with Crippen LogP contribution in [0.4, 0.5) is 4.79 Å². The third kappa shape index (κ3) is 5.41. The zero-order valence-electron chi connectivity index (χ0n) is 13.0. The summed E-state index contributed by atoms with van der Waals surface area (Å²) in [7, 11) is 1.38. The molecule has 23 heavy (non-hydrogen) atoms. The number of carbonyl (C=O) groups is 3. The van der Waals surface area contributed by atoms with Crippen LogP contribution in [0.5, 0.6) is 0 Å². The number of esters is 1. The summed E-state index contributed by atoms with van der Waals surface area (Å²) in [5.74, 6) is -0.0711. The van der Waals surface area contributed by atoms with E-state index in [1.54, 1.807) is 12.1 Å². The maximum Gasteiger partial charge on any atom is 0.321 e. The Labute approximate surface area is 134 Å². The van der Waals surface area contributed by atoms with Gasteiger partial charge < -0.3 is 14.5 Å². The van der Waals surface area contributed by atoms with Crippen LogP contribution in [0.2, 0.25) is 0 Å². The second-order valence-corrected chi connectivity index (χ2v) is 5.38. The Bertz CT molecular complexity index is 535.